The molecule has 5 aromatic carbocycles. The first-order valence-electron chi connectivity index (χ1n) is 13.7. The minimum absolute atomic E-state index is 0.152. The van der Waals surface area contributed by atoms with Crippen LogP contribution in [0, 0.1) is 6.92 Å². The number of anilines is 3. The number of hydrogen-bond acceptors (Lipinski definition) is 4. The number of benzene rings is 5. The predicted octanol–water partition coefficient (Wildman–Crippen LogP) is 8.24. The number of aromatic nitrogens is 2. The fourth-order valence-corrected chi connectivity index (χ4v) is 5.45. The lowest BCUT2D eigenvalue weighted by Gasteiger charge is -2.14. The Morgan fingerprint density at radius 1 is 0.725 bits per heavy atom. The maximum atomic E-state index is 12.9. The van der Waals surface area contributed by atoms with Gasteiger partial charge in [0, 0.05) is 27.9 Å². The van der Waals surface area contributed by atoms with E-state index >= 15 is 0 Å². The Kier molecular flexibility index (Phi) is 5.97. The number of rotatable bonds is 5. The molecule has 1 aromatic heterocycles. The molecule has 0 atom stereocenters. The highest BCUT2D eigenvalue weighted by Gasteiger charge is 2.15. The zero-order chi connectivity index (χ0) is 27.1. The molecule has 1 heterocycles. The zero-order valence-electron chi connectivity index (χ0n) is 22.2. The van der Waals surface area contributed by atoms with Crippen molar-refractivity contribution in [3.8, 4) is 11.4 Å². The van der Waals surface area contributed by atoms with Gasteiger partial charge in [0.2, 0.25) is 0 Å². The normalized spacial score (nSPS) is 12.4. The van der Waals surface area contributed by atoms with Crippen LogP contribution in [0.25, 0.3) is 33.1 Å². The van der Waals surface area contributed by atoms with Gasteiger partial charge in [-0.1, -0.05) is 60.2 Å². The minimum Gasteiger partial charge on any atom is -0.340 e. The van der Waals surface area contributed by atoms with E-state index in [9.17, 15) is 4.79 Å². The van der Waals surface area contributed by atoms with Crippen LogP contribution in [0.15, 0.2) is 103 Å². The van der Waals surface area contributed by atoms with E-state index in [1.165, 1.54) is 22.9 Å². The van der Waals surface area contributed by atoms with Gasteiger partial charge >= 0.3 is 0 Å². The average molecular weight is 521 g/mol. The molecule has 0 bridgehead atoms. The van der Waals surface area contributed by atoms with Gasteiger partial charge in [-0.05, 0) is 96.6 Å². The van der Waals surface area contributed by atoms with Crippen molar-refractivity contribution in [3.63, 3.8) is 0 Å². The summed E-state index contributed by atoms with van der Waals surface area (Å²) in [5.74, 6) is 1.21. The quantitative estimate of drug-likeness (QED) is 0.240. The van der Waals surface area contributed by atoms with Crippen molar-refractivity contribution in [2.24, 2.45) is 0 Å². The third kappa shape index (κ3) is 4.67. The second-order valence-electron chi connectivity index (χ2n) is 10.5. The van der Waals surface area contributed by atoms with Crippen molar-refractivity contribution in [2.75, 3.05) is 10.6 Å². The van der Waals surface area contributed by atoms with E-state index in [0.717, 1.165) is 45.9 Å². The topological polar surface area (TPSA) is 66.9 Å². The monoisotopic (exact) mass is 520 g/mol. The Balaban J connectivity index is 1.30. The van der Waals surface area contributed by atoms with E-state index < -0.39 is 0 Å². The number of nitrogens with zero attached hydrogens (tertiary/aromatic N) is 2. The molecule has 1 amide bonds. The Labute approximate surface area is 232 Å². The lowest BCUT2D eigenvalue weighted by atomic mass is 10.1. The third-order valence-electron chi connectivity index (χ3n) is 7.64. The van der Waals surface area contributed by atoms with Crippen LogP contribution in [-0.4, -0.2) is 15.9 Å². The van der Waals surface area contributed by atoms with Crippen molar-refractivity contribution >= 4 is 44.8 Å². The highest BCUT2D eigenvalue weighted by molar-refractivity contribution is 6.06. The largest absolute Gasteiger partial charge is 0.340 e. The first-order chi connectivity index (χ1) is 19.6. The summed E-state index contributed by atoms with van der Waals surface area (Å²) < 4.78 is 0. The SMILES string of the molecule is Cc1ccc(C(=O)Nc2ccc3nc(-c4ccc5ccccc5c4)nc(Nc4ccc5c(c4)CCC5)c3c2)cc1. The lowest BCUT2D eigenvalue weighted by Crippen LogP contribution is -2.11. The molecule has 1 aliphatic rings. The average Bonchev–Trinajstić information content (AvgIpc) is 3.45. The predicted molar refractivity (Wildman–Crippen MR) is 163 cm³/mol. The molecule has 40 heavy (non-hydrogen) atoms. The highest BCUT2D eigenvalue weighted by atomic mass is 16.1. The standard InChI is InChI=1S/C35H28N4O/c1-22-9-11-25(12-10-22)35(40)37-30-17-18-32-31(21-30)34(36-29-16-15-24-7-4-8-27(24)20-29)39-33(38-32)28-14-13-23-5-2-3-6-26(23)19-28/h2-3,5-6,9-21H,4,7-8H2,1H3,(H,37,40)(H,36,38,39). The van der Waals surface area contributed by atoms with Gasteiger partial charge in [0.05, 0.1) is 5.52 Å². The molecular formula is C35H28N4O. The van der Waals surface area contributed by atoms with Crippen LogP contribution in [0.3, 0.4) is 0 Å². The van der Waals surface area contributed by atoms with Crippen molar-refractivity contribution in [2.45, 2.75) is 26.2 Å². The summed E-state index contributed by atoms with van der Waals surface area (Å²) in [6, 6.07) is 34.5. The molecule has 0 fully saturated rings. The molecule has 0 radical (unpaired) electrons. The summed E-state index contributed by atoms with van der Waals surface area (Å²) in [4.78, 5) is 22.9. The number of fused-ring (bicyclic) bond motifs is 3. The van der Waals surface area contributed by atoms with Gasteiger partial charge in [-0.15, -0.1) is 0 Å². The van der Waals surface area contributed by atoms with E-state index in [-0.39, 0.29) is 5.91 Å². The molecule has 6 aromatic rings. The third-order valence-corrected chi connectivity index (χ3v) is 7.64. The molecule has 5 nitrogen and oxygen atoms in total. The van der Waals surface area contributed by atoms with Crippen LogP contribution in [0.1, 0.15) is 33.5 Å². The summed E-state index contributed by atoms with van der Waals surface area (Å²) >= 11 is 0. The molecular weight excluding hydrogens is 492 g/mol. The van der Waals surface area contributed by atoms with Gasteiger partial charge in [-0.2, -0.15) is 0 Å². The number of aryl methyl sites for hydroxylation is 3. The van der Waals surface area contributed by atoms with Crippen molar-refractivity contribution in [1.82, 2.24) is 9.97 Å². The Bertz CT molecular complexity index is 1910. The molecule has 7 rings (SSSR count). The van der Waals surface area contributed by atoms with Crippen LogP contribution < -0.4 is 10.6 Å². The van der Waals surface area contributed by atoms with Crippen LogP contribution in [0.4, 0.5) is 17.2 Å². The van der Waals surface area contributed by atoms with Crippen LogP contribution in [0.2, 0.25) is 0 Å². The Hall–Kier alpha value is -5.03. The fourth-order valence-electron chi connectivity index (χ4n) is 5.45. The van der Waals surface area contributed by atoms with E-state index in [1.54, 1.807) is 0 Å². The van der Waals surface area contributed by atoms with Gasteiger partial charge in [0.1, 0.15) is 5.82 Å². The molecule has 194 valence electrons. The zero-order valence-corrected chi connectivity index (χ0v) is 22.2. The van der Waals surface area contributed by atoms with Crippen LogP contribution in [0.5, 0.6) is 0 Å². The van der Waals surface area contributed by atoms with Gasteiger partial charge in [-0.25, -0.2) is 9.97 Å². The van der Waals surface area contributed by atoms with E-state index in [1.807, 2.05) is 61.5 Å². The maximum absolute atomic E-state index is 12.9. The summed E-state index contributed by atoms with van der Waals surface area (Å²) in [7, 11) is 0. The molecule has 0 saturated heterocycles. The highest BCUT2D eigenvalue weighted by Crippen LogP contribution is 2.32. The van der Waals surface area contributed by atoms with E-state index in [2.05, 4.69) is 59.2 Å². The fraction of sp³-hybridized carbons (Fsp3) is 0.114. The smallest absolute Gasteiger partial charge is 0.255 e. The molecule has 0 aliphatic heterocycles. The van der Waals surface area contributed by atoms with E-state index in [0.29, 0.717) is 22.9 Å². The molecule has 0 saturated carbocycles. The number of hydrogen-bond donors (Lipinski definition) is 2. The molecule has 0 unspecified atom stereocenters. The number of carbonyl (C=O) groups excluding carboxylic acids is 1. The molecule has 2 N–H and O–H groups in total. The Morgan fingerprint density at radius 3 is 2.40 bits per heavy atom. The van der Waals surface area contributed by atoms with Gasteiger partial charge < -0.3 is 10.6 Å². The second-order valence-corrected chi connectivity index (χ2v) is 10.5. The molecule has 1 aliphatic carbocycles. The van der Waals surface area contributed by atoms with Gasteiger partial charge in [0.25, 0.3) is 5.91 Å². The maximum Gasteiger partial charge on any atom is 0.255 e. The van der Waals surface area contributed by atoms with Gasteiger partial charge in [-0.3, -0.25) is 4.79 Å². The molecule has 5 heteroatoms. The van der Waals surface area contributed by atoms with E-state index in [4.69, 9.17) is 9.97 Å². The summed E-state index contributed by atoms with van der Waals surface area (Å²) in [5.41, 5.74) is 8.00. The summed E-state index contributed by atoms with van der Waals surface area (Å²) in [6.45, 7) is 2.01. The molecule has 0 spiro atoms. The summed E-state index contributed by atoms with van der Waals surface area (Å²) in [5, 5.41) is 9.78. The number of carbonyl (C=O) groups is 1. The van der Waals surface area contributed by atoms with Gasteiger partial charge in [0.15, 0.2) is 5.82 Å². The first-order valence-corrected chi connectivity index (χ1v) is 13.7. The number of nitrogens with one attached hydrogen (secondary N) is 2. The van der Waals surface area contributed by atoms with Crippen LogP contribution in [-0.2, 0) is 12.8 Å². The van der Waals surface area contributed by atoms with Crippen molar-refractivity contribution < 1.29 is 4.79 Å². The van der Waals surface area contributed by atoms with Crippen LogP contribution >= 0.6 is 0 Å². The van der Waals surface area contributed by atoms with Crippen molar-refractivity contribution in [1.29, 1.82) is 0 Å². The number of amides is 1. The lowest BCUT2D eigenvalue weighted by molar-refractivity contribution is 0.102. The Morgan fingerprint density at radius 2 is 1.52 bits per heavy atom. The van der Waals surface area contributed by atoms with Crippen molar-refractivity contribution in [3.05, 3.63) is 125 Å². The first kappa shape index (κ1) is 24.0. The minimum atomic E-state index is -0.152. The summed E-state index contributed by atoms with van der Waals surface area (Å²) in [6.07, 6.45) is 3.44. The second kappa shape index (κ2) is 9.93.